The van der Waals surface area contributed by atoms with Crippen LogP contribution in [0.4, 0.5) is 0 Å². The Labute approximate surface area is 297 Å². The van der Waals surface area contributed by atoms with Gasteiger partial charge in [0.1, 0.15) is 22.3 Å². The van der Waals surface area contributed by atoms with Crippen molar-refractivity contribution < 1.29 is 8.83 Å². The highest BCUT2D eigenvalue weighted by Gasteiger charge is 2.20. The van der Waals surface area contributed by atoms with Crippen molar-refractivity contribution in [1.29, 1.82) is 0 Å². The zero-order valence-electron chi connectivity index (χ0n) is 27.7. The molecular weight excluding hydrogens is 639 g/mol. The number of furan rings is 2. The fourth-order valence-corrected chi connectivity index (χ4v) is 7.76. The lowest BCUT2D eigenvalue weighted by Gasteiger charge is -2.11. The van der Waals surface area contributed by atoms with Crippen LogP contribution >= 0.6 is 0 Å². The van der Waals surface area contributed by atoms with Gasteiger partial charge in [-0.25, -0.2) is 15.0 Å². The summed E-state index contributed by atoms with van der Waals surface area (Å²) in [5.41, 5.74) is 8.25. The molecule has 0 N–H and O–H groups in total. The summed E-state index contributed by atoms with van der Waals surface area (Å²) in [5.74, 6) is 1.83. The zero-order chi connectivity index (χ0) is 34.2. The minimum absolute atomic E-state index is 0.588. The van der Waals surface area contributed by atoms with Crippen molar-refractivity contribution in [3.63, 3.8) is 0 Å². The van der Waals surface area contributed by atoms with Crippen LogP contribution < -0.4 is 0 Å². The zero-order valence-corrected chi connectivity index (χ0v) is 27.7. The molecule has 0 aliphatic carbocycles. The SMILES string of the molecule is c1ccc(-c2nc(-c3cccc4ccccc34)nc(-c3cccc4oc5ccc(-c6cccc7oc8ccc9ccccc9c8c67)cc5c34)n2)cc1. The van der Waals surface area contributed by atoms with E-state index in [0.29, 0.717) is 17.5 Å². The number of fused-ring (bicyclic) bond motifs is 9. The first-order valence-electron chi connectivity index (χ1n) is 17.4. The lowest BCUT2D eigenvalue weighted by molar-refractivity contribution is 0.669. The quantitative estimate of drug-likeness (QED) is 0.187. The molecule has 0 saturated carbocycles. The Bertz CT molecular complexity index is 3190. The van der Waals surface area contributed by atoms with Crippen LogP contribution in [0.25, 0.3) is 111 Å². The predicted octanol–water partition coefficient (Wildman–Crippen LogP) is 12.6. The van der Waals surface area contributed by atoms with Crippen molar-refractivity contribution in [2.45, 2.75) is 0 Å². The number of hydrogen-bond donors (Lipinski definition) is 0. The number of rotatable bonds is 4. The number of nitrogens with zero attached hydrogens (tertiary/aromatic N) is 3. The fourth-order valence-electron chi connectivity index (χ4n) is 7.76. The highest BCUT2D eigenvalue weighted by Crippen LogP contribution is 2.43. The maximum absolute atomic E-state index is 6.50. The van der Waals surface area contributed by atoms with Crippen LogP contribution in [0.3, 0.4) is 0 Å². The van der Waals surface area contributed by atoms with E-state index >= 15 is 0 Å². The van der Waals surface area contributed by atoms with Crippen LogP contribution in [-0.4, -0.2) is 15.0 Å². The first kappa shape index (κ1) is 28.7. The normalized spacial score (nSPS) is 11.8. The molecule has 8 aromatic carbocycles. The second kappa shape index (κ2) is 11.2. The standard InChI is InChI=1S/C47H27N3O2/c1-2-13-30(14-3-1)45-48-46(35-19-8-15-28-11-4-6-16-32(28)35)50-47(49-45)36-20-10-21-39-42(36)37-27-31(24-25-38(37)51-39)34-18-9-22-40-44(34)43-33-17-7-5-12-29(33)23-26-41(43)52-40/h1-27H. The molecule has 0 spiro atoms. The molecule has 242 valence electrons. The van der Waals surface area contributed by atoms with E-state index in [0.717, 1.165) is 82.5 Å². The van der Waals surface area contributed by atoms with Gasteiger partial charge in [-0.2, -0.15) is 0 Å². The number of hydrogen-bond acceptors (Lipinski definition) is 5. The van der Waals surface area contributed by atoms with Gasteiger partial charge >= 0.3 is 0 Å². The molecule has 52 heavy (non-hydrogen) atoms. The number of aromatic nitrogens is 3. The third kappa shape index (κ3) is 4.39. The third-order valence-corrected chi connectivity index (χ3v) is 10.1. The van der Waals surface area contributed by atoms with Gasteiger partial charge in [-0.05, 0) is 63.0 Å². The molecule has 3 heterocycles. The van der Waals surface area contributed by atoms with E-state index in [1.807, 2.05) is 42.5 Å². The minimum atomic E-state index is 0.588. The highest BCUT2D eigenvalue weighted by molar-refractivity contribution is 6.23. The summed E-state index contributed by atoms with van der Waals surface area (Å²) in [6.07, 6.45) is 0. The molecule has 0 atom stereocenters. The number of benzene rings is 8. The van der Waals surface area contributed by atoms with Crippen LogP contribution in [0.5, 0.6) is 0 Å². The molecule has 0 bridgehead atoms. The molecule has 0 radical (unpaired) electrons. The maximum atomic E-state index is 6.50. The summed E-state index contributed by atoms with van der Waals surface area (Å²) < 4.78 is 12.9. The van der Waals surface area contributed by atoms with Gasteiger partial charge < -0.3 is 8.83 Å². The second-order valence-corrected chi connectivity index (χ2v) is 13.1. The molecule has 0 aliphatic heterocycles. The molecule has 3 aromatic heterocycles. The summed E-state index contributed by atoms with van der Waals surface area (Å²) in [6.45, 7) is 0. The fraction of sp³-hybridized carbons (Fsp3) is 0. The van der Waals surface area contributed by atoms with Crippen molar-refractivity contribution in [2.24, 2.45) is 0 Å². The molecule has 0 unspecified atom stereocenters. The van der Waals surface area contributed by atoms with Crippen molar-refractivity contribution in [3.8, 4) is 45.3 Å². The van der Waals surface area contributed by atoms with E-state index in [4.69, 9.17) is 23.8 Å². The van der Waals surface area contributed by atoms with Gasteiger partial charge in [0.2, 0.25) is 0 Å². The van der Waals surface area contributed by atoms with Crippen LogP contribution in [0.2, 0.25) is 0 Å². The maximum Gasteiger partial charge on any atom is 0.164 e. The van der Waals surface area contributed by atoms with E-state index in [-0.39, 0.29) is 0 Å². The van der Waals surface area contributed by atoms with Crippen LogP contribution in [-0.2, 0) is 0 Å². The average molecular weight is 666 g/mol. The van der Waals surface area contributed by atoms with Crippen molar-refractivity contribution in [1.82, 2.24) is 15.0 Å². The summed E-state index contributed by atoms with van der Waals surface area (Å²) in [6, 6.07) is 56.2. The van der Waals surface area contributed by atoms with Crippen molar-refractivity contribution in [2.75, 3.05) is 0 Å². The van der Waals surface area contributed by atoms with Gasteiger partial charge in [0.15, 0.2) is 17.5 Å². The molecule has 5 heteroatoms. The summed E-state index contributed by atoms with van der Waals surface area (Å²) >= 11 is 0. The van der Waals surface area contributed by atoms with E-state index in [9.17, 15) is 0 Å². The molecule has 11 aromatic rings. The first-order chi connectivity index (χ1) is 25.8. The predicted molar refractivity (Wildman–Crippen MR) is 211 cm³/mol. The molecule has 0 fully saturated rings. The molecule has 5 nitrogen and oxygen atoms in total. The average Bonchev–Trinajstić information content (AvgIpc) is 3.79. The molecular formula is C47H27N3O2. The van der Waals surface area contributed by atoms with Crippen LogP contribution in [0.1, 0.15) is 0 Å². The topological polar surface area (TPSA) is 65.0 Å². The van der Waals surface area contributed by atoms with Gasteiger partial charge in [0.25, 0.3) is 0 Å². The smallest absolute Gasteiger partial charge is 0.164 e. The third-order valence-electron chi connectivity index (χ3n) is 10.1. The summed E-state index contributed by atoms with van der Waals surface area (Å²) in [7, 11) is 0. The molecule has 0 saturated heterocycles. The van der Waals surface area contributed by atoms with Crippen molar-refractivity contribution >= 4 is 65.4 Å². The molecule has 0 aliphatic rings. The Balaban J connectivity index is 1.16. The van der Waals surface area contributed by atoms with Gasteiger partial charge in [-0.15, -0.1) is 0 Å². The first-order valence-corrected chi connectivity index (χ1v) is 17.4. The minimum Gasteiger partial charge on any atom is -0.456 e. The van der Waals surface area contributed by atoms with Crippen molar-refractivity contribution in [3.05, 3.63) is 164 Å². The largest absolute Gasteiger partial charge is 0.456 e. The lowest BCUT2D eigenvalue weighted by atomic mass is 9.95. The van der Waals surface area contributed by atoms with E-state index in [1.54, 1.807) is 0 Å². The van der Waals surface area contributed by atoms with E-state index in [2.05, 4.69) is 121 Å². The summed E-state index contributed by atoms with van der Waals surface area (Å²) in [4.78, 5) is 15.4. The van der Waals surface area contributed by atoms with E-state index in [1.165, 1.54) is 10.8 Å². The monoisotopic (exact) mass is 665 g/mol. The lowest BCUT2D eigenvalue weighted by Crippen LogP contribution is -2.00. The van der Waals surface area contributed by atoms with Crippen LogP contribution in [0, 0.1) is 0 Å². The van der Waals surface area contributed by atoms with Crippen LogP contribution in [0.15, 0.2) is 173 Å². The Morgan fingerprint density at radius 3 is 1.73 bits per heavy atom. The van der Waals surface area contributed by atoms with Gasteiger partial charge in [0.05, 0.1) is 0 Å². The van der Waals surface area contributed by atoms with Gasteiger partial charge in [-0.3, -0.25) is 0 Å². The highest BCUT2D eigenvalue weighted by atomic mass is 16.3. The van der Waals surface area contributed by atoms with E-state index < -0.39 is 0 Å². The molecule has 11 rings (SSSR count). The molecule has 0 amide bonds. The Kier molecular flexibility index (Phi) is 6.18. The Morgan fingerprint density at radius 1 is 0.308 bits per heavy atom. The van der Waals surface area contributed by atoms with Gasteiger partial charge in [-0.1, -0.05) is 133 Å². The Hall–Kier alpha value is -7.11. The Morgan fingerprint density at radius 2 is 0.885 bits per heavy atom. The summed E-state index contributed by atoms with van der Waals surface area (Å²) in [5, 5.41) is 8.76. The van der Waals surface area contributed by atoms with Gasteiger partial charge in [0, 0.05) is 38.2 Å². The second-order valence-electron chi connectivity index (χ2n) is 13.1.